The third kappa shape index (κ3) is 3.76. The molecule has 0 atom stereocenters. The first-order valence-electron chi connectivity index (χ1n) is 5.97. The van der Waals surface area contributed by atoms with Crippen molar-refractivity contribution in [3.05, 3.63) is 29.6 Å². The lowest BCUT2D eigenvalue weighted by Gasteiger charge is -2.20. The largest absolute Gasteiger partial charge is 0.478 e. The average Bonchev–Trinajstić information content (AvgIpc) is 2.44. The first-order valence-corrected chi connectivity index (χ1v) is 7.41. The fourth-order valence-electron chi connectivity index (χ4n) is 1.58. The molecule has 116 valence electrons. The van der Waals surface area contributed by atoms with Crippen molar-refractivity contribution < 1.29 is 27.5 Å². The van der Waals surface area contributed by atoms with Crippen LogP contribution in [-0.4, -0.2) is 49.8 Å². The minimum absolute atomic E-state index is 0.0630. The monoisotopic (exact) mass is 318 g/mol. The van der Waals surface area contributed by atoms with Crippen LogP contribution in [0.5, 0.6) is 0 Å². The summed E-state index contributed by atoms with van der Waals surface area (Å²) >= 11 is 0. The lowest BCUT2D eigenvalue weighted by molar-refractivity contribution is -0.120. The Bertz CT molecular complexity index is 660. The van der Waals surface area contributed by atoms with Crippen LogP contribution in [0.25, 0.3) is 0 Å². The van der Waals surface area contributed by atoms with Crippen molar-refractivity contribution in [3.8, 4) is 0 Å². The lowest BCUT2D eigenvalue weighted by Crippen LogP contribution is -2.39. The van der Waals surface area contributed by atoms with Gasteiger partial charge in [0, 0.05) is 13.6 Å². The molecular formula is C12H15FN2O5S. The van der Waals surface area contributed by atoms with E-state index in [1.165, 1.54) is 14.0 Å². The zero-order valence-electron chi connectivity index (χ0n) is 11.5. The Labute approximate surface area is 121 Å². The number of likely N-dealkylation sites (N-methyl/N-ethyl adjacent to an activating group) is 2. The Kier molecular flexibility index (Phi) is 5.39. The Balaban J connectivity index is 3.31. The molecule has 9 heteroatoms. The van der Waals surface area contributed by atoms with Gasteiger partial charge in [-0.25, -0.2) is 17.6 Å². The molecule has 1 aromatic carbocycles. The van der Waals surface area contributed by atoms with Crippen molar-refractivity contribution in [2.24, 2.45) is 0 Å². The third-order valence-corrected chi connectivity index (χ3v) is 4.68. The molecule has 1 rings (SSSR count). The first-order chi connectivity index (χ1) is 9.73. The number of amides is 1. The number of rotatable bonds is 6. The molecule has 0 radical (unpaired) electrons. The highest BCUT2D eigenvalue weighted by Crippen LogP contribution is 2.20. The maximum Gasteiger partial charge on any atom is 0.335 e. The number of aromatic carboxylic acids is 1. The molecule has 1 aromatic rings. The molecule has 0 aliphatic carbocycles. The van der Waals surface area contributed by atoms with Crippen LogP contribution in [0.15, 0.2) is 23.1 Å². The Morgan fingerprint density at radius 2 is 2.00 bits per heavy atom. The molecule has 0 fully saturated rings. The highest BCUT2D eigenvalue weighted by atomic mass is 32.2. The van der Waals surface area contributed by atoms with E-state index in [0.29, 0.717) is 0 Å². The summed E-state index contributed by atoms with van der Waals surface area (Å²) in [6.07, 6.45) is 0. The molecule has 0 saturated carbocycles. The maximum absolute atomic E-state index is 13.7. The normalized spacial score (nSPS) is 11.4. The summed E-state index contributed by atoms with van der Waals surface area (Å²) in [4.78, 5) is 21.4. The number of halogens is 1. The van der Waals surface area contributed by atoms with E-state index < -0.39 is 39.2 Å². The lowest BCUT2D eigenvalue weighted by atomic mass is 10.2. The molecule has 1 amide bonds. The SMILES string of the molecule is CCN(CC(=O)NC)S(=O)(=O)c1cc(C(=O)O)ccc1F. The minimum atomic E-state index is -4.31. The third-order valence-electron chi connectivity index (χ3n) is 2.75. The smallest absolute Gasteiger partial charge is 0.335 e. The summed E-state index contributed by atoms with van der Waals surface area (Å²) in [5.74, 6) is -3.01. The Morgan fingerprint density at radius 3 is 2.48 bits per heavy atom. The van der Waals surface area contributed by atoms with Gasteiger partial charge in [0.05, 0.1) is 12.1 Å². The van der Waals surface area contributed by atoms with E-state index in [1.54, 1.807) is 0 Å². The van der Waals surface area contributed by atoms with Gasteiger partial charge in [-0.05, 0) is 18.2 Å². The molecule has 0 heterocycles. The van der Waals surface area contributed by atoms with E-state index >= 15 is 0 Å². The topological polar surface area (TPSA) is 104 Å². The fourth-order valence-corrected chi connectivity index (χ4v) is 3.07. The number of hydrogen-bond donors (Lipinski definition) is 2. The van der Waals surface area contributed by atoms with E-state index in [-0.39, 0.29) is 12.1 Å². The number of carbonyl (C=O) groups is 2. The van der Waals surface area contributed by atoms with Crippen molar-refractivity contribution in [3.63, 3.8) is 0 Å². The number of nitrogens with zero attached hydrogens (tertiary/aromatic N) is 1. The average molecular weight is 318 g/mol. The van der Waals surface area contributed by atoms with E-state index in [9.17, 15) is 22.4 Å². The Hall–Kier alpha value is -2.00. The van der Waals surface area contributed by atoms with Crippen molar-refractivity contribution in [2.45, 2.75) is 11.8 Å². The number of carboxylic acid groups (broad SMARTS) is 1. The van der Waals surface area contributed by atoms with Crippen LogP contribution in [0, 0.1) is 5.82 Å². The first kappa shape index (κ1) is 17.1. The molecule has 0 aromatic heterocycles. The summed E-state index contributed by atoms with van der Waals surface area (Å²) in [5, 5.41) is 11.1. The molecule has 7 nitrogen and oxygen atoms in total. The van der Waals surface area contributed by atoms with Gasteiger partial charge >= 0.3 is 5.97 Å². The molecule has 2 N–H and O–H groups in total. The highest BCUT2D eigenvalue weighted by molar-refractivity contribution is 7.89. The second-order valence-corrected chi connectivity index (χ2v) is 5.96. The summed E-state index contributed by atoms with van der Waals surface area (Å²) in [6.45, 7) is 0.942. The fraction of sp³-hybridized carbons (Fsp3) is 0.333. The van der Waals surface area contributed by atoms with E-state index in [1.807, 2.05) is 0 Å². The minimum Gasteiger partial charge on any atom is -0.478 e. The molecule has 21 heavy (non-hydrogen) atoms. The quantitative estimate of drug-likeness (QED) is 0.784. The van der Waals surface area contributed by atoms with E-state index in [2.05, 4.69) is 5.32 Å². The number of sulfonamides is 1. The number of nitrogens with one attached hydrogen (secondary N) is 1. The zero-order valence-corrected chi connectivity index (χ0v) is 12.3. The van der Waals surface area contributed by atoms with Gasteiger partial charge in [-0.15, -0.1) is 0 Å². The van der Waals surface area contributed by atoms with Crippen molar-refractivity contribution >= 4 is 21.9 Å². The summed E-state index contributed by atoms with van der Waals surface area (Å²) in [5.41, 5.74) is -0.356. The molecule has 0 unspecified atom stereocenters. The van der Waals surface area contributed by atoms with Crippen molar-refractivity contribution in [2.75, 3.05) is 20.1 Å². The van der Waals surface area contributed by atoms with Crippen LogP contribution in [0.3, 0.4) is 0 Å². The van der Waals surface area contributed by atoms with Crippen LogP contribution in [0.4, 0.5) is 4.39 Å². The predicted octanol–water partition coefficient (Wildman–Crippen LogP) is 0.281. The van der Waals surface area contributed by atoms with Crippen LogP contribution in [-0.2, 0) is 14.8 Å². The van der Waals surface area contributed by atoms with Gasteiger partial charge in [0.2, 0.25) is 15.9 Å². The highest BCUT2D eigenvalue weighted by Gasteiger charge is 2.28. The van der Waals surface area contributed by atoms with Crippen LogP contribution in [0.2, 0.25) is 0 Å². The Morgan fingerprint density at radius 1 is 1.38 bits per heavy atom. The van der Waals surface area contributed by atoms with Gasteiger partial charge in [0.25, 0.3) is 0 Å². The van der Waals surface area contributed by atoms with Crippen LogP contribution in [0.1, 0.15) is 17.3 Å². The molecule has 0 saturated heterocycles. The number of carboxylic acids is 1. The van der Waals surface area contributed by atoms with E-state index in [0.717, 1.165) is 22.5 Å². The second kappa shape index (κ2) is 6.64. The summed E-state index contributed by atoms with van der Waals surface area (Å²) < 4.78 is 39.2. The number of carbonyl (C=O) groups excluding carboxylic acids is 1. The molecule has 0 bridgehead atoms. The van der Waals surface area contributed by atoms with Gasteiger partial charge in [0.1, 0.15) is 10.7 Å². The van der Waals surface area contributed by atoms with Crippen LogP contribution >= 0.6 is 0 Å². The second-order valence-electron chi connectivity index (χ2n) is 4.05. The van der Waals surface area contributed by atoms with Gasteiger partial charge in [-0.3, -0.25) is 4.79 Å². The van der Waals surface area contributed by atoms with Gasteiger partial charge in [-0.1, -0.05) is 6.92 Å². The van der Waals surface area contributed by atoms with Gasteiger partial charge in [-0.2, -0.15) is 4.31 Å². The van der Waals surface area contributed by atoms with Gasteiger partial charge < -0.3 is 10.4 Å². The molecular weight excluding hydrogens is 303 g/mol. The molecule has 0 spiro atoms. The molecule has 0 aliphatic rings. The summed E-state index contributed by atoms with van der Waals surface area (Å²) in [7, 11) is -2.97. The predicted molar refractivity (Wildman–Crippen MR) is 71.9 cm³/mol. The summed E-state index contributed by atoms with van der Waals surface area (Å²) in [6, 6.07) is 2.47. The van der Waals surface area contributed by atoms with Crippen molar-refractivity contribution in [1.82, 2.24) is 9.62 Å². The molecule has 0 aliphatic heterocycles. The maximum atomic E-state index is 13.7. The van der Waals surface area contributed by atoms with Gasteiger partial charge in [0.15, 0.2) is 0 Å². The van der Waals surface area contributed by atoms with Crippen molar-refractivity contribution in [1.29, 1.82) is 0 Å². The number of benzene rings is 1. The standard InChI is InChI=1S/C12H15FN2O5S/c1-3-15(7-11(16)14-2)21(19,20)10-6-8(12(17)18)4-5-9(10)13/h4-6H,3,7H2,1-2H3,(H,14,16)(H,17,18). The van der Waals surface area contributed by atoms with E-state index in [4.69, 9.17) is 5.11 Å². The zero-order chi connectivity index (χ0) is 16.2. The van der Waals surface area contributed by atoms with Crippen LogP contribution < -0.4 is 5.32 Å². The number of hydrogen-bond acceptors (Lipinski definition) is 4.